The summed E-state index contributed by atoms with van der Waals surface area (Å²) in [5, 5.41) is 0. The molecule has 1 amide bonds. The summed E-state index contributed by atoms with van der Waals surface area (Å²) in [5.41, 5.74) is 5.88. The molecule has 0 unspecified atom stereocenters. The molecule has 2 N–H and O–H groups in total. The third-order valence-corrected chi connectivity index (χ3v) is 4.51. The lowest BCUT2D eigenvalue weighted by atomic mass is 9.94. The number of rotatable bonds is 3. The predicted octanol–water partition coefficient (Wildman–Crippen LogP) is 1.62. The van der Waals surface area contributed by atoms with E-state index in [0.29, 0.717) is 18.6 Å². The maximum absolute atomic E-state index is 12.2. The highest BCUT2D eigenvalue weighted by molar-refractivity contribution is 5.85. The van der Waals surface area contributed by atoms with Gasteiger partial charge in [-0.1, -0.05) is 19.3 Å². The Morgan fingerprint density at radius 3 is 2.32 bits per heavy atom. The van der Waals surface area contributed by atoms with E-state index in [2.05, 4.69) is 4.90 Å². The van der Waals surface area contributed by atoms with E-state index in [9.17, 15) is 4.79 Å². The minimum atomic E-state index is 0. The lowest BCUT2D eigenvalue weighted by Crippen LogP contribution is -2.47. The molecule has 2 fully saturated rings. The molecule has 5 heteroatoms. The van der Waals surface area contributed by atoms with Crippen LogP contribution in [0.5, 0.6) is 0 Å². The third kappa shape index (κ3) is 4.93. The zero-order valence-corrected chi connectivity index (χ0v) is 12.8. The number of nitrogens with two attached hydrogens (primary N) is 1. The van der Waals surface area contributed by atoms with Gasteiger partial charge in [0.05, 0.1) is 6.54 Å². The maximum atomic E-state index is 12.2. The average Bonchev–Trinajstić information content (AvgIpc) is 2.41. The van der Waals surface area contributed by atoms with E-state index in [1.165, 1.54) is 32.1 Å². The maximum Gasteiger partial charge on any atom is 0.236 e. The zero-order valence-electron chi connectivity index (χ0n) is 12.0. The van der Waals surface area contributed by atoms with Crippen molar-refractivity contribution in [3.63, 3.8) is 0 Å². The number of carbonyl (C=O) groups excluding carboxylic acids is 1. The molecule has 112 valence electrons. The van der Waals surface area contributed by atoms with Crippen molar-refractivity contribution in [1.29, 1.82) is 0 Å². The first kappa shape index (κ1) is 16.7. The van der Waals surface area contributed by atoms with Gasteiger partial charge in [-0.15, -0.1) is 12.4 Å². The molecule has 0 atom stereocenters. The Kier molecular flexibility index (Phi) is 7.11. The highest BCUT2D eigenvalue weighted by atomic mass is 35.5. The molecule has 2 rings (SSSR count). The van der Waals surface area contributed by atoms with Crippen molar-refractivity contribution in [2.75, 3.05) is 26.7 Å². The molecule has 1 saturated carbocycles. The number of nitrogens with zero attached hydrogens (tertiary/aromatic N) is 2. The van der Waals surface area contributed by atoms with E-state index in [4.69, 9.17) is 5.73 Å². The van der Waals surface area contributed by atoms with Gasteiger partial charge in [0.25, 0.3) is 0 Å². The molecule has 0 radical (unpaired) electrons. The molecule has 1 aliphatic heterocycles. The number of halogens is 1. The summed E-state index contributed by atoms with van der Waals surface area (Å²) >= 11 is 0. The van der Waals surface area contributed by atoms with Crippen LogP contribution in [-0.2, 0) is 4.79 Å². The van der Waals surface area contributed by atoms with Gasteiger partial charge in [0.1, 0.15) is 0 Å². The van der Waals surface area contributed by atoms with Gasteiger partial charge in [0.2, 0.25) is 5.91 Å². The molecule has 19 heavy (non-hydrogen) atoms. The van der Waals surface area contributed by atoms with Gasteiger partial charge in [-0.3, -0.25) is 9.69 Å². The summed E-state index contributed by atoms with van der Waals surface area (Å²) in [5.74, 6) is 0.289. The summed E-state index contributed by atoms with van der Waals surface area (Å²) in [6.45, 7) is 2.54. The van der Waals surface area contributed by atoms with Crippen molar-refractivity contribution in [3.05, 3.63) is 0 Å². The van der Waals surface area contributed by atoms with E-state index in [1.54, 1.807) is 0 Å². The van der Waals surface area contributed by atoms with Crippen molar-refractivity contribution in [1.82, 2.24) is 9.80 Å². The van der Waals surface area contributed by atoms with E-state index in [1.807, 2.05) is 11.9 Å². The summed E-state index contributed by atoms with van der Waals surface area (Å²) in [6.07, 6.45) is 8.32. The molecule has 1 aliphatic carbocycles. The zero-order chi connectivity index (χ0) is 13.0. The van der Waals surface area contributed by atoms with Crippen molar-refractivity contribution >= 4 is 18.3 Å². The second kappa shape index (κ2) is 8.08. The van der Waals surface area contributed by atoms with Crippen LogP contribution >= 0.6 is 12.4 Å². The summed E-state index contributed by atoms with van der Waals surface area (Å²) < 4.78 is 0. The van der Waals surface area contributed by atoms with Gasteiger partial charge in [-0.05, 0) is 25.7 Å². The largest absolute Gasteiger partial charge is 0.342 e. The van der Waals surface area contributed by atoms with Crippen LogP contribution in [0.2, 0.25) is 0 Å². The van der Waals surface area contributed by atoms with Crippen LogP contribution in [-0.4, -0.2) is 54.5 Å². The molecular weight excluding hydrogens is 262 g/mol. The third-order valence-electron chi connectivity index (χ3n) is 4.51. The SMILES string of the molecule is CN(C(=O)CN1CCC(N)CC1)C1CCCCC1.Cl. The van der Waals surface area contributed by atoms with Crippen molar-refractivity contribution in [2.45, 2.75) is 57.0 Å². The topological polar surface area (TPSA) is 49.6 Å². The van der Waals surface area contributed by atoms with Gasteiger partial charge < -0.3 is 10.6 Å². The highest BCUT2D eigenvalue weighted by Gasteiger charge is 2.24. The van der Waals surface area contributed by atoms with Crippen molar-refractivity contribution < 1.29 is 4.79 Å². The highest BCUT2D eigenvalue weighted by Crippen LogP contribution is 2.21. The molecule has 1 saturated heterocycles. The number of piperidine rings is 1. The van der Waals surface area contributed by atoms with E-state index in [0.717, 1.165) is 25.9 Å². The lowest BCUT2D eigenvalue weighted by Gasteiger charge is -2.34. The van der Waals surface area contributed by atoms with Gasteiger partial charge >= 0.3 is 0 Å². The molecule has 0 bridgehead atoms. The standard InChI is InChI=1S/C14H27N3O.ClH/c1-16(13-5-3-2-4-6-13)14(18)11-17-9-7-12(15)8-10-17;/h12-13H,2-11,15H2,1H3;1H. The van der Waals surface area contributed by atoms with E-state index >= 15 is 0 Å². The first-order chi connectivity index (χ1) is 8.66. The first-order valence-electron chi connectivity index (χ1n) is 7.40. The summed E-state index contributed by atoms with van der Waals surface area (Å²) in [4.78, 5) is 16.5. The van der Waals surface area contributed by atoms with Crippen LogP contribution in [0.3, 0.4) is 0 Å². The van der Waals surface area contributed by atoms with Crippen LogP contribution in [0, 0.1) is 0 Å². The number of hydrogen-bond donors (Lipinski definition) is 1. The number of likely N-dealkylation sites (N-methyl/N-ethyl adjacent to an activating group) is 1. The fourth-order valence-electron chi connectivity index (χ4n) is 3.09. The van der Waals surface area contributed by atoms with E-state index < -0.39 is 0 Å². The van der Waals surface area contributed by atoms with Crippen molar-refractivity contribution in [2.24, 2.45) is 5.73 Å². The Labute approximate surface area is 123 Å². The smallest absolute Gasteiger partial charge is 0.236 e. The molecule has 1 heterocycles. The molecular formula is C14H28ClN3O. The van der Waals surface area contributed by atoms with Gasteiger partial charge in [-0.25, -0.2) is 0 Å². The molecule has 0 aromatic carbocycles. The normalized spacial score (nSPS) is 22.8. The van der Waals surface area contributed by atoms with Crippen LogP contribution in [0.25, 0.3) is 0 Å². The summed E-state index contributed by atoms with van der Waals surface area (Å²) in [6, 6.07) is 0.825. The molecule has 2 aliphatic rings. The fraction of sp³-hybridized carbons (Fsp3) is 0.929. The Morgan fingerprint density at radius 1 is 1.16 bits per heavy atom. The number of amides is 1. The summed E-state index contributed by atoms with van der Waals surface area (Å²) in [7, 11) is 1.98. The van der Waals surface area contributed by atoms with Gasteiger partial charge in [-0.2, -0.15) is 0 Å². The first-order valence-corrected chi connectivity index (χ1v) is 7.40. The Bertz CT molecular complexity index is 274. The second-order valence-electron chi connectivity index (χ2n) is 5.91. The van der Waals surface area contributed by atoms with Crippen molar-refractivity contribution in [3.8, 4) is 0 Å². The van der Waals surface area contributed by atoms with Crippen LogP contribution in [0.4, 0.5) is 0 Å². The molecule has 0 spiro atoms. The molecule has 0 aromatic heterocycles. The lowest BCUT2D eigenvalue weighted by molar-refractivity contribution is -0.134. The number of likely N-dealkylation sites (tertiary alicyclic amines) is 1. The Hall–Kier alpha value is -0.320. The number of hydrogen-bond acceptors (Lipinski definition) is 3. The van der Waals surface area contributed by atoms with Gasteiger partial charge in [0.15, 0.2) is 0 Å². The quantitative estimate of drug-likeness (QED) is 0.859. The Morgan fingerprint density at radius 2 is 1.74 bits per heavy atom. The fourth-order valence-corrected chi connectivity index (χ4v) is 3.09. The minimum Gasteiger partial charge on any atom is -0.342 e. The average molecular weight is 290 g/mol. The Balaban J connectivity index is 0.00000180. The predicted molar refractivity (Wildman–Crippen MR) is 80.5 cm³/mol. The van der Waals surface area contributed by atoms with Crippen LogP contribution in [0.1, 0.15) is 44.9 Å². The second-order valence-corrected chi connectivity index (χ2v) is 5.91. The van der Waals surface area contributed by atoms with E-state index in [-0.39, 0.29) is 18.3 Å². The molecule has 4 nitrogen and oxygen atoms in total. The monoisotopic (exact) mass is 289 g/mol. The van der Waals surface area contributed by atoms with Crippen LogP contribution in [0.15, 0.2) is 0 Å². The number of carbonyl (C=O) groups is 1. The van der Waals surface area contributed by atoms with Crippen LogP contribution < -0.4 is 5.73 Å². The van der Waals surface area contributed by atoms with Gasteiger partial charge in [0, 0.05) is 32.2 Å². The minimum absolute atomic E-state index is 0. The molecule has 0 aromatic rings.